The average Bonchev–Trinajstić information content (AvgIpc) is 3.48. The Morgan fingerprint density at radius 2 is 1.86 bits per heavy atom. The summed E-state index contributed by atoms with van der Waals surface area (Å²) in [5, 5.41) is 25.9. The molecule has 15 nitrogen and oxygen atoms in total. The van der Waals surface area contributed by atoms with Gasteiger partial charge in [0.1, 0.15) is 30.1 Å². The van der Waals surface area contributed by atoms with Gasteiger partial charge in [0.25, 0.3) is 5.56 Å². The summed E-state index contributed by atoms with van der Waals surface area (Å²) in [6.45, 7) is 6.27. The summed E-state index contributed by atoms with van der Waals surface area (Å²) in [6.07, 6.45) is -5.94. The first-order valence-electron chi connectivity index (χ1n) is 13.5. The number of fused-ring (bicyclic) bond motifs is 2. The van der Waals surface area contributed by atoms with Crippen molar-refractivity contribution in [3.63, 3.8) is 0 Å². The minimum absolute atomic E-state index is 0.0239. The number of hydrogen-bond donors (Lipinski definition) is 5. The van der Waals surface area contributed by atoms with Crippen LogP contribution >= 0.6 is 7.75 Å². The monoisotopic (exact) mass is 616 g/mol. The van der Waals surface area contributed by atoms with E-state index in [1.165, 1.54) is 24.7 Å². The van der Waals surface area contributed by atoms with Crippen molar-refractivity contribution in [1.82, 2.24) is 24.6 Å². The van der Waals surface area contributed by atoms with Crippen molar-refractivity contribution in [3.8, 4) is 5.75 Å². The fraction of sp³-hybridized carbons (Fsp3) is 0.407. The lowest BCUT2D eigenvalue weighted by atomic mass is 10.1. The Hall–Kier alpha value is -3.85. The van der Waals surface area contributed by atoms with Crippen LogP contribution in [-0.2, 0) is 23.4 Å². The largest absolute Gasteiger partial charge is 0.462 e. The van der Waals surface area contributed by atoms with Gasteiger partial charge in [0, 0.05) is 5.39 Å². The Morgan fingerprint density at radius 3 is 2.60 bits per heavy atom. The average molecular weight is 617 g/mol. The SMILES string of the molecule is CC(C)OC(=O)[C@H](C)NP(=O)(Oc1cccc2ccccc12)O[C@@H](C)[C@H]1O[C@@H](n2cnc3c(=O)[nH]c(N)nc32)[C@H](O)[C@@H]1O. The number of aromatic nitrogens is 4. The Labute approximate surface area is 245 Å². The number of ether oxygens (including phenoxy) is 2. The number of aromatic amines is 1. The molecule has 5 rings (SSSR count). The van der Waals surface area contributed by atoms with Crippen molar-refractivity contribution in [2.45, 2.75) is 70.5 Å². The number of aliphatic hydroxyl groups is 2. The van der Waals surface area contributed by atoms with Gasteiger partial charge in [-0.05, 0) is 39.1 Å². The molecule has 0 amide bonds. The van der Waals surface area contributed by atoms with Gasteiger partial charge in [0.15, 0.2) is 17.4 Å². The number of aliphatic hydroxyl groups excluding tert-OH is 2. The molecule has 0 saturated carbocycles. The number of hydrogen-bond acceptors (Lipinski definition) is 12. The van der Waals surface area contributed by atoms with Gasteiger partial charge in [-0.3, -0.25) is 23.7 Å². The van der Waals surface area contributed by atoms with E-state index in [-0.39, 0.29) is 22.9 Å². The van der Waals surface area contributed by atoms with Crippen LogP contribution in [0.15, 0.2) is 53.6 Å². The molecule has 6 N–H and O–H groups in total. The van der Waals surface area contributed by atoms with E-state index in [4.69, 9.17) is 24.3 Å². The van der Waals surface area contributed by atoms with Crippen molar-refractivity contribution >= 4 is 41.6 Å². The van der Waals surface area contributed by atoms with E-state index < -0.39 is 62.1 Å². The number of H-pyrrole nitrogens is 1. The molecule has 1 aliphatic heterocycles. The molecule has 16 heteroatoms. The predicted octanol–water partition coefficient (Wildman–Crippen LogP) is 2.00. The molecule has 0 spiro atoms. The Bertz CT molecular complexity index is 1740. The standard InChI is InChI=1S/C27H33N6O9P/c1-13(2)39-26(37)14(3)32-43(38,42-18-11-7-9-16-8-5-6-10-17(16)18)41-15(4)22-20(34)21(35)25(40-22)33-12-29-19-23(33)30-27(28)31-24(19)36/h5-15,20-22,25,34-35H,1-4H3,(H,32,38)(H3,28,30,31,36)/t14-,15-,20-,21+,22+,25+,43?/m0/s1. The number of nitrogens with one attached hydrogen (secondary N) is 2. The van der Waals surface area contributed by atoms with Gasteiger partial charge in [-0.15, -0.1) is 0 Å². The normalized spacial score (nSPS) is 23.3. The highest BCUT2D eigenvalue weighted by Crippen LogP contribution is 2.49. The third-order valence-corrected chi connectivity index (χ3v) is 8.54. The van der Waals surface area contributed by atoms with Crippen LogP contribution in [-0.4, -0.2) is 72.3 Å². The van der Waals surface area contributed by atoms with E-state index >= 15 is 0 Å². The number of nitrogens with two attached hydrogens (primary N) is 1. The molecule has 1 unspecified atom stereocenters. The fourth-order valence-corrected chi connectivity index (χ4v) is 6.53. The van der Waals surface area contributed by atoms with Gasteiger partial charge in [-0.1, -0.05) is 36.4 Å². The minimum atomic E-state index is -4.40. The molecule has 0 bridgehead atoms. The van der Waals surface area contributed by atoms with Crippen molar-refractivity contribution in [3.05, 3.63) is 59.1 Å². The van der Waals surface area contributed by atoms with Crippen LogP contribution in [0, 0.1) is 0 Å². The first kappa shape index (κ1) is 30.6. The zero-order valence-electron chi connectivity index (χ0n) is 23.8. The Morgan fingerprint density at radius 1 is 1.14 bits per heavy atom. The topological polar surface area (TPSA) is 213 Å². The van der Waals surface area contributed by atoms with Gasteiger partial charge in [0.2, 0.25) is 5.95 Å². The second-order valence-corrected chi connectivity index (χ2v) is 12.1. The molecule has 3 heterocycles. The molecule has 0 aliphatic carbocycles. The molecule has 4 aromatic rings. The van der Waals surface area contributed by atoms with Crippen LogP contribution in [0.3, 0.4) is 0 Å². The summed E-state index contributed by atoms with van der Waals surface area (Å²) in [7, 11) is -4.40. The number of imidazole rings is 1. The lowest BCUT2D eigenvalue weighted by Gasteiger charge is -2.29. The van der Waals surface area contributed by atoms with Crippen molar-refractivity contribution < 1.29 is 38.1 Å². The van der Waals surface area contributed by atoms with Gasteiger partial charge >= 0.3 is 13.7 Å². The van der Waals surface area contributed by atoms with Gasteiger partial charge in [-0.2, -0.15) is 10.1 Å². The molecule has 1 saturated heterocycles. The van der Waals surface area contributed by atoms with E-state index in [1.54, 1.807) is 38.1 Å². The maximum absolute atomic E-state index is 14.3. The van der Waals surface area contributed by atoms with Gasteiger partial charge in [0.05, 0.1) is 18.5 Å². The number of esters is 1. The highest BCUT2D eigenvalue weighted by molar-refractivity contribution is 7.52. The van der Waals surface area contributed by atoms with Gasteiger partial charge in [-0.25, -0.2) is 9.55 Å². The maximum Gasteiger partial charge on any atom is 0.459 e. The summed E-state index contributed by atoms with van der Waals surface area (Å²) in [5.74, 6) is -0.646. The highest BCUT2D eigenvalue weighted by atomic mass is 31.2. The first-order valence-corrected chi connectivity index (χ1v) is 15.1. The van der Waals surface area contributed by atoms with E-state index in [0.717, 1.165) is 5.39 Å². The smallest absolute Gasteiger partial charge is 0.459 e. The lowest BCUT2D eigenvalue weighted by Crippen LogP contribution is -2.41. The van der Waals surface area contributed by atoms with Crippen LogP contribution in [0.25, 0.3) is 21.9 Å². The van der Waals surface area contributed by atoms with Crippen molar-refractivity contribution in [2.24, 2.45) is 0 Å². The summed E-state index contributed by atoms with van der Waals surface area (Å²) < 4.78 is 38.6. The second-order valence-electron chi connectivity index (χ2n) is 10.5. The fourth-order valence-electron chi connectivity index (χ4n) is 4.82. The molecule has 1 fully saturated rings. The van der Waals surface area contributed by atoms with Gasteiger partial charge < -0.3 is 29.9 Å². The van der Waals surface area contributed by atoms with Crippen LogP contribution in [0.2, 0.25) is 0 Å². The first-order chi connectivity index (χ1) is 20.4. The zero-order valence-corrected chi connectivity index (χ0v) is 24.7. The van der Waals surface area contributed by atoms with E-state index in [0.29, 0.717) is 5.39 Å². The highest BCUT2D eigenvalue weighted by Gasteiger charge is 2.49. The van der Waals surface area contributed by atoms with Crippen LogP contribution in [0.4, 0.5) is 5.95 Å². The van der Waals surface area contributed by atoms with E-state index in [1.807, 2.05) is 18.2 Å². The third-order valence-electron chi connectivity index (χ3n) is 6.79. The molecular weight excluding hydrogens is 583 g/mol. The number of nitrogens with zero attached hydrogens (tertiary/aromatic N) is 3. The number of anilines is 1. The molecule has 2 aromatic carbocycles. The minimum Gasteiger partial charge on any atom is -0.462 e. The quantitative estimate of drug-likeness (QED) is 0.128. The van der Waals surface area contributed by atoms with E-state index in [9.17, 15) is 24.4 Å². The Balaban J connectivity index is 1.43. The molecule has 2 aromatic heterocycles. The molecule has 43 heavy (non-hydrogen) atoms. The molecule has 1 aliphatic rings. The second kappa shape index (κ2) is 12.0. The summed E-state index contributed by atoms with van der Waals surface area (Å²) >= 11 is 0. The summed E-state index contributed by atoms with van der Waals surface area (Å²) in [6, 6.07) is 11.3. The number of carbonyl (C=O) groups is 1. The number of carbonyl (C=O) groups excluding carboxylic acids is 1. The summed E-state index contributed by atoms with van der Waals surface area (Å²) in [4.78, 5) is 35.2. The lowest BCUT2D eigenvalue weighted by molar-refractivity contribution is -0.149. The maximum atomic E-state index is 14.3. The molecule has 0 radical (unpaired) electrons. The van der Waals surface area contributed by atoms with Crippen molar-refractivity contribution in [2.75, 3.05) is 5.73 Å². The van der Waals surface area contributed by atoms with Crippen molar-refractivity contribution in [1.29, 1.82) is 0 Å². The Kier molecular flexibility index (Phi) is 8.56. The molecular formula is C27H33N6O9P. The van der Waals surface area contributed by atoms with Crippen LogP contribution in [0.1, 0.15) is 33.9 Å². The summed E-state index contributed by atoms with van der Waals surface area (Å²) in [5.41, 5.74) is 5.06. The molecule has 230 valence electrons. The predicted molar refractivity (Wildman–Crippen MR) is 155 cm³/mol. The number of nitrogen functional groups attached to an aromatic ring is 1. The number of benzene rings is 2. The third kappa shape index (κ3) is 6.27. The number of rotatable bonds is 10. The van der Waals surface area contributed by atoms with Crippen LogP contribution in [0.5, 0.6) is 5.75 Å². The molecule has 7 atom stereocenters. The van der Waals surface area contributed by atoms with Crippen LogP contribution < -0.4 is 20.9 Å². The zero-order chi connectivity index (χ0) is 31.1. The van der Waals surface area contributed by atoms with E-state index in [2.05, 4.69) is 20.0 Å².